The Kier molecular flexibility index (Phi) is 8.58. The van der Waals surface area contributed by atoms with Gasteiger partial charge >= 0.3 is 0 Å². The summed E-state index contributed by atoms with van der Waals surface area (Å²) in [5.74, 6) is 0.872. The van der Waals surface area contributed by atoms with Gasteiger partial charge in [-0.2, -0.15) is 0 Å². The van der Waals surface area contributed by atoms with Crippen molar-refractivity contribution >= 4 is 72.4 Å². The van der Waals surface area contributed by atoms with Crippen molar-refractivity contribution in [2.24, 2.45) is 5.92 Å². The molecule has 6 heteroatoms. The molecule has 59 heavy (non-hydrogen) atoms. The van der Waals surface area contributed by atoms with Crippen LogP contribution in [0.3, 0.4) is 0 Å². The first-order valence-corrected chi connectivity index (χ1v) is 20.7. The second-order valence-corrected chi connectivity index (χ2v) is 16.2. The summed E-state index contributed by atoms with van der Waals surface area (Å²) < 4.78 is 4.88. The van der Waals surface area contributed by atoms with E-state index >= 15 is 0 Å². The molecule has 7 aromatic carbocycles. The lowest BCUT2D eigenvalue weighted by molar-refractivity contribution is 0.511. The maximum Gasteiger partial charge on any atom is 0.160 e. The normalized spacial score (nSPS) is 15.4. The lowest BCUT2D eigenvalue weighted by Gasteiger charge is -2.27. The Morgan fingerprint density at radius 2 is 1.02 bits per heavy atom. The summed E-state index contributed by atoms with van der Waals surface area (Å²) in [5, 5.41) is 6.31. The largest absolute Gasteiger partial charge is 0.333 e. The van der Waals surface area contributed by atoms with Crippen molar-refractivity contribution in [1.29, 1.82) is 0 Å². The fourth-order valence-electron chi connectivity index (χ4n) is 8.84. The van der Waals surface area contributed by atoms with Crippen molar-refractivity contribution < 1.29 is 0 Å². The predicted octanol–water partition coefficient (Wildman–Crippen LogP) is 14.8. The topological polar surface area (TPSA) is 35.6 Å². The van der Waals surface area contributed by atoms with E-state index in [0.717, 1.165) is 33.8 Å². The van der Waals surface area contributed by atoms with E-state index in [0.29, 0.717) is 15.9 Å². The van der Waals surface area contributed by atoms with E-state index in [4.69, 9.17) is 33.2 Å². The number of aromatic nitrogens is 4. The number of hydrogen-bond acceptors (Lipinski definition) is 2. The summed E-state index contributed by atoms with van der Waals surface area (Å²) in [7, 11) is 0. The summed E-state index contributed by atoms with van der Waals surface area (Å²) in [5.41, 5.74) is 12.9. The molecule has 10 aromatic rings. The minimum Gasteiger partial charge on any atom is -0.333 e. The standard InChI is InChI=1S/C53H36Cl2N4/c1-33-15-16-38(53-56-46(34-17-23-39(54)24-18-34)32-47(57-53)35-19-25-40(55)26-20-35)31-51(33)59-49-14-8-5-11-42(49)44-27-21-37(30-52(44)59)36-22-28-50-45(29-36)43-12-6-7-13-48(43)58(50)41-9-3-2-4-10-41/h2-33,51H,1H3/t33-,51?/m0/s1. The molecule has 4 nitrogen and oxygen atoms in total. The van der Waals surface area contributed by atoms with Crippen molar-refractivity contribution in [1.82, 2.24) is 19.1 Å². The SMILES string of the molecule is C[C@H]1C=CC(c2nc(-c3ccc(Cl)cc3)cc(-c3ccc(Cl)cc3)n2)=CC1n1c2ccccc2c2ccc(-c3ccc4c(c3)c3ccccc3n4-c3ccccc3)cc21. The van der Waals surface area contributed by atoms with Crippen LogP contribution in [0.1, 0.15) is 18.8 Å². The molecule has 1 aliphatic carbocycles. The Bertz CT molecular complexity index is 3240. The van der Waals surface area contributed by atoms with Crippen molar-refractivity contribution in [2.45, 2.75) is 13.0 Å². The second-order valence-electron chi connectivity index (χ2n) is 15.3. The molecule has 0 aliphatic heterocycles. The number of halogens is 2. The zero-order valence-electron chi connectivity index (χ0n) is 32.1. The molecule has 0 fully saturated rings. The summed E-state index contributed by atoms with van der Waals surface area (Å²) in [6.07, 6.45) is 6.82. The third-order valence-electron chi connectivity index (χ3n) is 11.8. The first-order chi connectivity index (χ1) is 29.0. The fourth-order valence-corrected chi connectivity index (χ4v) is 9.09. The van der Waals surface area contributed by atoms with Crippen LogP contribution in [-0.4, -0.2) is 19.1 Å². The Hall–Kier alpha value is -6.72. The number of benzene rings is 7. The van der Waals surface area contributed by atoms with Crippen LogP contribution in [0.25, 0.3) is 88.5 Å². The highest BCUT2D eigenvalue weighted by Gasteiger charge is 2.25. The van der Waals surface area contributed by atoms with Gasteiger partial charge in [-0.1, -0.05) is 145 Å². The van der Waals surface area contributed by atoms with Gasteiger partial charge in [-0.3, -0.25) is 0 Å². The van der Waals surface area contributed by atoms with Crippen LogP contribution in [-0.2, 0) is 0 Å². The minimum atomic E-state index is 0.000693. The number of para-hydroxylation sites is 3. The highest BCUT2D eigenvalue weighted by atomic mass is 35.5. The van der Waals surface area contributed by atoms with E-state index in [-0.39, 0.29) is 12.0 Å². The van der Waals surface area contributed by atoms with Crippen molar-refractivity contribution in [2.75, 3.05) is 0 Å². The molecule has 282 valence electrons. The molecule has 1 unspecified atom stereocenters. The fraction of sp³-hybridized carbons (Fsp3) is 0.0566. The molecule has 0 radical (unpaired) electrons. The highest BCUT2D eigenvalue weighted by molar-refractivity contribution is 6.31. The molecule has 0 amide bonds. The number of allylic oxidation sites excluding steroid dienone is 4. The maximum absolute atomic E-state index is 6.30. The van der Waals surface area contributed by atoms with Gasteiger partial charge in [0.15, 0.2) is 5.82 Å². The second kappa shape index (κ2) is 14.3. The van der Waals surface area contributed by atoms with E-state index in [2.05, 4.69) is 150 Å². The molecule has 11 rings (SSSR count). The van der Waals surface area contributed by atoms with Gasteiger partial charge in [-0.05, 0) is 89.8 Å². The van der Waals surface area contributed by atoms with Gasteiger partial charge in [-0.15, -0.1) is 0 Å². The maximum atomic E-state index is 6.30. The average molecular weight is 800 g/mol. The number of fused-ring (bicyclic) bond motifs is 6. The third kappa shape index (κ3) is 6.15. The Morgan fingerprint density at radius 3 is 1.71 bits per heavy atom. The van der Waals surface area contributed by atoms with Crippen LogP contribution in [0.4, 0.5) is 0 Å². The molecule has 0 bridgehead atoms. The highest BCUT2D eigenvalue weighted by Crippen LogP contribution is 2.42. The lowest BCUT2D eigenvalue weighted by Crippen LogP contribution is -2.17. The quantitative estimate of drug-likeness (QED) is 0.168. The van der Waals surface area contributed by atoms with E-state index in [9.17, 15) is 0 Å². The first-order valence-electron chi connectivity index (χ1n) is 19.9. The summed E-state index contributed by atoms with van der Waals surface area (Å²) in [6.45, 7) is 2.29. The monoisotopic (exact) mass is 798 g/mol. The Labute approximate surface area is 351 Å². The number of rotatable bonds is 6. The zero-order chi connectivity index (χ0) is 39.6. The van der Waals surface area contributed by atoms with Crippen LogP contribution in [0.15, 0.2) is 188 Å². The smallest absolute Gasteiger partial charge is 0.160 e. The van der Waals surface area contributed by atoms with Gasteiger partial charge in [0, 0.05) is 59.5 Å². The Morgan fingerprint density at radius 1 is 0.475 bits per heavy atom. The molecule has 3 heterocycles. The van der Waals surface area contributed by atoms with Crippen LogP contribution in [0, 0.1) is 5.92 Å². The molecular formula is C53H36Cl2N4. The molecule has 1 aliphatic rings. The van der Waals surface area contributed by atoms with Gasteiger partial charge in [0.1, 0.15) is 0 Å². The average Bonchev–Trinajstić information content (AvgIpc) is 3.79. The molecule has 0 saturated heterocycles. The van der Waals surface area contributed by atoms with Gasteiger partial charge in [0.05, 0.1) is 34.0 Å². The van der Waals surface area contributed by atoms with E-state index in [1.54, 1.807) is 0 Å². The van der Waals surface area contributed by atoms with Crippen molar-refractivity contribution in [3.63, 3.8) is 0 Å². The lowest BCUT2D eigenvalue weighted by atomic mass is 9.92. The molecular weight excluding hydrogens is 764 g/mol. The number of hydrogen-bond donors (Lipinski definition) is 0. The third-order valence-corrected chi connectivity index (χ3v) is 12.3. The van der Waals surface area contributed by atoms with Gasteiger partial charge in [0.2, 0.25) is 0 Å². The van der Waals surface area contributed by atoms with Crippen LogP contribution >= 0.6 is 23.2 Å². The van der Waals surface area contributed by atoms with Gasteiger partial charge in [-0.25, -0.2) is 9.97 Å². The van der Waals surface area contributed by atoms with E-state index < -0.39 is 0 Å². The van der Waals surface area contributed by atoms with Gasteiger partial charge < -0.3 is 9.13 Å². The van der Waals surface area contributed by atoms with Gasteiger partial charge in [0.25, 0.3) is 0 Å². The zero-order valence-corrected chi connectivity index (χ0v) is 33.6. The van der Waals surface area contributed by atoms with Crippen LogP contribution in [0.5, 0.6) is 0 Å². The van der Waals surface area contributed by atoms with Crippen LogP contribution < -0.4 is 0 Å². The van der Waals surface area contributed by atoms with Crippen molar-refractivity contribution in [3.05, 3.63) is 204 Å². The summed E-state index contributed by atoms with van der Waals surface area (Å²) >= 11 is 12.6. The molecule has 0 spiro atoms. The van der Waals surface area contributed by atoms with Crippen molar-refractivity contribution in [3.8, 4) is 39.3 Å². The first kappa shape index (κ1) is 35.4. The summed E-state index contributed by atoms with van der Waals surface area (Å²) in [6, 6.07) is 59.6. The van der Waals surface area contributed by atoms with E-state index in [1.165, 1.54) is 54.7 Å². The molecule has 3 aromatic heterocycles. The van der Waals surface area contributed by atoms with Crippen LogP contribution in [0.2, 0.25) is 10.0 Å². The number of nitrogens with zero attached hydrogens (tertiary/aromatic N) is 4. The molecule has 0 saturated carbocycles. The molecule has 0 N–H and O–H groups in total. The Balaban J connectivity index is 1.06. The summed E-state index contributed by atoms with van der Waals surface area (Å²) in [4.78, 5) is 10.4. The van der Waals surface area contributed by atoms with E-state index in [1.807, 2.05) is 54.6 Å². The molecule has 2 atom stereocenters. The predicted molar refractivity (Wildman–Crippen MR) is 247 cm³/mol. The minimum absolute atomic E-state index is 0.000693.